The zero-order valence-corrected chi connectivity index (χ0v) is 15.2. The van der Waals surface area contributed by atoms with Gasteiger partial charge in [-0.2, -0.15) is 0 Å². The number of anilines is 2. The summed E-state index contributed by atoms with van der Waals surface area (Å²) in [6.45, 7) is 0. The molecule has 26 heavy (non-hydrogen) atoms. The van der Waals surface area contributed by atoms with Crippen LogP contribution in [0, 0.1) is 5.92 Å². The molecule has 0 aromatic heterocycles. The quantitative estimate of drug-likeness (QED) is 0.800. The van der Waals surface area contributed by atoms with Crippen LogP contribution in [0.1, 0.15) is 37.7 Å². The molecular formula is C21H21ClN2O2. The Balaban J connectivity index is 1.50. The average Bonchev–Trinajstić information content (AvgIpc) is 3.41. The molecule has 2 fully saturated rings. The van der Waals surface area contributed by atoms with Crippen molar-refractivity contribution in [2.24, 2.45) is 5.92 Å². The summed E-state index contributed by atoms with van der Waals surface area (Å²) in [5, 5.41) is 6.62. The van der Waals surface area contributed by atoms with Crippen molar-refractivity contribution in [1.82, 2.24) is 0 Å². The molecule has 0 unspecified atom stereocenters. The van der Waals surface area contributed by atoms with Gasteiger partial charge in [-0.15, -0.1) is 0 Å². The van der Waals surface area contributed by atoms with Gasteiger partial charge in [0.25, 0.3) is 0 Å². The van der Waals surface area contributed by atoms with Crippen molar-refractivity contribution in [3.05, 3.63) is 59.1 Å². The van der Waals surface area contributed by atoms with Gasteiger partial charge < -0.3 is 10.6 Å². The fourth-order valence-electron chi connectivity index (χ4n) is 3.46. The highest BCUT2D eigenvalue weighted by Gasteiger charge is 2.45. The highest BCUT2D eigenvalue weighted by Crippen LogP contribution is 2.45. The molecule has 4 rings (SSSR count). The third kappa shape index (κ3) is 3.34. The number of nitrogens with one attached hydrogen (secondary N) is 2. The lowest BCUT2D eigenvalue weighted by atomic mass is 9.64. The molecule has 2 aromatic carbocycles. The zero-order valence-electron chi connectivity index (χ0n) is 14.4. The predicted molar refractivity (Wildman–Crippen MR) is 103 cm³/mol. The Hall–Kier alpha value is -2.33. The maximum Gasteiger partial charge on any atom is 0.235 e. The standard InChI is InChI=1S/C21H21ClN2O2/c22-16-9-7-15(8-10-16)21(11-2-12-21)20(26)24-18-4-1-3-17(13-18)23-19(25)14-5-6-14/h1,3-4,7-10,13-14H,2,5-6,11-12H2,(H,23,25)(H,24,26). The van der Waals surface area contributed by atoms with E-state index in [2.05, 4.69) is 10.6 Å². The van der Waals surface area contributed by atoms with Crippen LogP contribution in [0.5, 0.6) is 0 Å². The monoisotopic (exact) mass is 368 g/mol. The zero-order chi connectivity index (χ0) is 18.1. The summed E-state index contributed by atoms with van der Waals surface area (Å²) in [5.74, 6) is 0.207. The van der Waals surface area contributed by atoms with Crippen molar-refractivity contribution >= 4 is 34.8 Å². The Labute approximate surface area is 157 Å². The molecular weight excluding hydrogens is 348 g/mol. The van der Waals surface area contributed by atoms with Crippen molar-refractivity contribution in [1.29, 1.82) is 0 Å². The minimum absolute atomic E-state index is 0.00302. The molecule has 0 heterocycles. The Morgan fingerprint density at radius 2 is 1.62 bits per heavy atom. The molecule has 5 heteroatoms. The normalized spacial score (nSPS) is 17.9. The predicted octanol–water partition coefficient (Wildman–Crippen LogP) is 4.75. The first-order valence-electron chi connectivity index (χ1n) is 9.05. The number of hydrogen-bond donors (Lipinski definition) is 2. The molecule has 0 atom stereocenters. The van der Waals surface area contributed by atoms with E-state index in [1.54, 1.807) is 0 Å². The lowest BCUT2D eigenvalue weighted by molar-refractivity contribution is -0.124. The summed E-state index contributed by atoms with van der Waals surface area (Å²) in [6.07, 6.45) is 4.63. The topological polar surface area (TPSA) is 58.2 Å². The molecule has 2 saturated carbocycles. The lowest BCUT2D eigenvalue weighted by Gasteiger charge is -2.40. The number of carbonyl (C=O) groups excluding carboxylic acids is 2. The van der Waals surface area contributed by atoms with Gasteiger partial charge in [-0.25, -0.2) is 0 Å². The SMILES string of the molecule is O=C(Nc1cccc(NC(=O)C2(c3ccc(Cl)cc3)CCC2)c1)C1CC1. The first-order valence-corrected chi connectivity index (χ1v) is 9.43. The van der Waals surface area contributed by atoms with E-state index in [4.69, 9.17) is 11.6 Å². The minimum Gasteiger partial charge on any atom is -0.326 e. The second kappa shape index (κ2) is 6.76. The van der Waals surface area contributed by atoms with E-state index in [1.165, 1.54) is 0 Å². The highest BCUT2D eigenvalue weighted by atomic mass is 35.5. The van der Waals surface area contributed by atoms with Gasteiger partial charge in [0, 0.05) is 22.3 Å². The van der Waals surface area contributed by atoms with E-state index in [1.807, 2.05) is 48.5 Å². The number of amides is 2. The average molecular weight is 369 g/mol. The molecule has 0 saturated heterocycles. The van der Waals surface area contributed by atoms with Crippen molar-refractivity contribution in [3.63, 3.8) is 0 Å². The summed E-state index contributed by atoms with van der Waals surface area (Å²) in [4.78, 5) is 24.9. The highest BCUT2D eigenvalue weighted by molar-refractivity contribution is 6.30. The first kappa shape index (κ1) is 17.1. The molecule has 0 aliphatic heterocycles. The van der Waals surface area contributed by atoms with Gasteiger partial charge in [-0.3, -0.25) is 9.59 Å². The number of rotatable bonds is 5. The van der Waals surface area contributed by atoms with Gasteiger partial charge >= 0.3 is 0 Å². The summed E-state index contributed by atoms with van der Waals surface area (Å²) < 4.78 is 0. The van der Waals surface area contributed by atoms with Crippen LogP contribution >= 0.6 is 11.6 Å². The van der Waals surface area contributed by atoms with Crippen LogP contribution in [0.2, 0.25) is 5.02 Å². The van der Waals surface area contributed by atoms with Crippen LogP contribution in [0.4, 0.5) is 11.4 Å². The molecule has 0 radical (unpaired) electrons. The lowest BCUT2D eigenvalue weighted by Crippen LogP contribution is -2.46. The Morgan fingerprint density at radius 3 is 2.19 bits per heavy atom. The molecule has 2 aliphatic rings. The number of halogens is 1. The minimum atomic E-state index is -0.488. The van der Waals surface area contributed by atoms with Crippen LogP contribution in [-0.4, -0.2) is 11.8 Å². The van der Waals surface area contributed by atoms with E-state index in [9.17, 15) is 9.59 Å². The van der Waals surface area contributed by atoms with Crippen molar-refractivity contribution in [2.75, 3.05) is 10.6 Å². The van der Waals surface area contributed by atoms with Crippen molar-refractivity contribution in [2.45, 2.75) is 37.5 Å². The van der Waals surface area contributed by atoms with Crippen LogP contribution in [0.25, 0.3) is 0 Å². The Kier molecular flexibility index (Phi) is 4.45. The maximum absolute atomic E-state index is 13.0. The Morgan fingerprint density at radius 1 is 0.962 bits per heavy atom. The first-order chi connectivity index (χ1) is 12.6. The Bertz CT molecular complexity index is 839. The molecule has 2 aliphatic carbocycles. The van der Waals surface area contributed by atoms with Crippen LogP contribution in [0.15, 0.2) is 48.5 Å². The van der Waals surface area contributed by atoms with Gasteiger partial charge in [0.2, 0.25) is 11.8 Å². The molecule has 134 valence electrons. The van der Waals surface area contributed by atoms with Crippen LogP contribution in [-0.2, 0) is 15.0 Å². The summed E-state index contributed by atoms with van der Waals surface area (Å²) in [7, 11) is 0. The van der Waals surface area contributed by atoms with E-state index in [0.717, 1.165) is 37.7 Å². The largest absolute Gasteiger partial charge is 0.326 e. The summed E-state index contributed by atoms with van der Waals surface area (Å²) in [5.41, 5.74) is 1.93. The van der Waals surface area contributed by atoms with Gasteiger partial charge in [0.1, 0.15) is 0 Å². The van der Waals surface area contributed by atoms with E-state index in [0.29, 0.717) is 16.4 Å². The molecule has 0 spiro atoms. The third-order valence-corrected chi connectivity index (χ3v) is 5.63. The van der Waals surface area contributed by atoms with Crippen molar-refractivity contribution < 1.29 is 9.59 Å². The summed E-state index contributed by atoms with van der Waals surface area (Å²) >= 11 is 5.98. The molecule has 2 amide bonds. The second-order valence-electron chi connectivity index (χ2n) is 7.24. The van der Waals surface area contributed by atoms with Crippen LogP contribution < -0.4 is 10.6 Å². The fraction of sp³-hybridized carbons (Fsp3) is 0.333. The van der Waals surface area contributed by atoms with Gasteiger partial charge in [-0.1, -0.05) is 36.2 Å². The van der Waals surface area contributed by atoms with Gasteiger partial charge in [0.05, 0.1) is 5.41 Å². The van der Waals surface area contributed by atoms with Gasteiger partial charge in [-0.05, 0) is 61.6 Å². The summed E-state index contributed by atoms with van der Waals surface area (Å²) in [6, 6.07) is 14.9. The third-order valence-electron chi connectivity index (χ3n) is 5.37. The molecule has 4 nitrogen and oxygen atoms in total. The molecule has 2 N–H and O–H groups in total. The van der Waals surface area contributed by atoms with Crippen LogP contribution in [0.3, 0.4) is 0 Å². The van der Waals surface area contributed by atoms with Gasteiger partial charge in [0.15, 0.2) is 0 Å². The van der Waals surface area contributed by atoms with E-state index >= 15 is 0 Å². The number of hydrogen-bond acceptors (Lipinski definition) is 2. The number of benzene rings is 2. The maximum atomic E-state index is 13.0. The smallest absolute Gasteiger partial charge is 0.235 e. The van der Waals surface area contributed by atoms with E-state index in [-0.39, 0.29) is 17.7 Å². The fourth-order valence-corrected chi connectivity index (χ4v) is 3.59. The van der Waals surface area contributed by atoms with E-state index < -0.39 is 5.41 Å². The molecule has 0 bridgehead atoms. The second-order valence-corrected chi connectivity index (χ2v) is 7.68. The molecule has 2 aromatic rings. The number of carbonyl (C=O) groups is 2. The van der Waals surface area contributed by atoms with Crippen molar-refractivity contribution in [3.8, 4) is 0 Å².